The van der Waals surface area contributed by atoms with Crippen molar-refractivity contribution in [2.24, 2.45) is 0 Å². The van der Waals surface area contributed by atoms with Crippen molar-refractivity contribution in [3.63, 3.8) is 0 Å². The molecule has 1 amide bonds. The molecule has 2 N–H and O–H groups in total. The Labute approximate surface area is 125 Å². The van der Waals surface area contributed by atoms with Crippen molar-refractivity contribution < 1.29 is 19.4 Å². The zero-order valence-electron chi connectivity index (χ0n) is 13.0. The first-order valence-electron chi connectivity index (χ1n) is 6.77. The number of hydrogen-bond acceptors (Lipinski definition) is 4. The van der Waals surface area contributed by atoms with E-state index in [4.69, 9.17) is 14.6 Å². The van der Waals surface area contributed by atoms with Gasteiger partial charge in [-0.2, -0.15) is 0 Å². The van der Waals surface area contributed by atoms with Gasteiger partial charge in [0.1, 0.15) is 11.4 Å². The summed E-state index contributed by atoms with van der Waals surface area (Å²) in [5.41, 5.74) is 1.14. The average Bonchev–Trinajstić information content (AvgIpc) is 2.41. The zero-order valence-corrected chi connectivity index (χ0v) is 13.0. The van der Waals surface area contributed by atoms with Gasteiger partial charge < -0.3 is 19.9 Å². The van der Waals surface area contributed by atoms with Crippen LogP contribution in [0.4, 0.5) is 4.79 Å². The van der Waals surface area contributed by atoms with E-state index in [0.717, 1.165) is 11.1 Å². The summed E-state index contributed by atoms with van der Waals surface area (Å²) in [5, 5.41) is 11.8. The van der Waals surface area contributed by atoms with Gasteiger partial charge in [0.15, 0.2) is 0 Å². The van der Waals surface area contributed by atoms with Gasteiger partial charge in [-0.15, -0.1) is 0 Å². The third kappa shape index (κ3) is 6.31. The van der Waals surface area contributed by atoms with Crippen LogP contribution in [0, 0.1) is 0 Å². The monoisotopic (exact) mass is 293 g/mol. The second-order valence-corrected chi connectivity index (χ2v) is 5.52. The Balaban J connectivity index is 2.59. The number of nitrogens with one attached hydrogen (secondary N) is 1. The lowest BCUT2D eigenvalue weighted by atomic mass is 10.1. The van der Waals surface area contributed by atoms with Gasteiger partial charge in [0, 0.05) is 12.1 Å². The molecule has 0 aromatic heterocycles. The standard InChI is InChI=1S/C16H23NO4/c1-16(2,3)21-15(19)17-9-5-6-13-10-12(11-18)7-8-14(13)20-4/h5-8,10,18H,9,11H2,1-4H3,(H,17,19). The number of carbonyl (C=O) groups is 1. The molecule has 0 atom stereocenters. The predicted octanol–water partition coefficient (Wildman–Crippen LogP) is 2.73. The molecule has 0 saturated carbocycles. The van der Waals surface area contributed by atoms with Crippen LogP contribution in [0.3, 0.4) is 0 Å². The van der Waals surface area contributed by atoms with E-state index in [-0.39, 0.29) is 6.61 Å². The quantitative estimate of drug-likeness (QED) is 0.876. The lowest BCUT2D eigenvalue weighted by Crippen LogP contribution is -2.32. The molecule has 5 nitrogen and oxygen atoms in total. The fraction of sp³-hybridized carbons (Fsp3) is 0.438. The van der Waals surface area contributed by atoms with Crippen LogP contribution < -0.4 is 10.1 Å². The van der Waals surface area contributed by atoms with Crippen LogP contribution in [0.2, 0.25) is 0 Å². The molecular weight excluding hydrogens is 270 g/mol. The van der Waals surface area contributed by atoms with Crippen LogP contribution in [0.1, 0.15) is 31.9 Å². The summed E-state index contributed by atoms with van der Waals surface area (Å²) in [6.07, 6.45) is 3.17. The predicted molar refractivity (Wildman–Crippen MR) is 82.2 cm³/mol. The minimum atomic E-state index is -0.507. The summed E-state index contributed by atoms with van der Waals surface area (Å²) in [6.45, 7) is 5.76. The van der Waals surface area contributed by atoms with Crippen molar-refractivity contribution in [3.8, 4) is 5.75 Å². The molecule has 0 unspecified atom stereocenters. The Hall–Kier alpha value is -2.01. The highest BCUT2D eigenvalue weighted by atomic mass is 16.6. The van der Waals surface area contributed by atoms with Gasteiger partial charge >= 0.3 is 6.09 Å². The Bertz CT molecular complexity index is 503. The molecule has 5 heteroatoms. The van der Waals surface area contributed by atoms with Crippen molar-refractivity contribution >= 4 is 12.2 Å². The number of hydrogen-bond donors (Lipinski definition) is 2. The number of ether oxygens (including phenoxy) is 2. The van der Waals surface area contributed by atoms with Gasteiger partial charge in [-0.05, 0) is 38.5 Å². The zero-order chi connectivity index (χ0) is 15.9. The van der Waals surface area contributed by atoms with E-state index in [1.807, 2.05) is 32.9 Å². The van der Waals surface area contributed by atoms with Gasteiger partial charge in [0.2, 0.25) is 0 Å². The first kappa shape index (κ1) is 17.0. The number of alkyl carbamates (subject to hydrolysis) is 1. The lowest BCUT2D eigenvalue weighted by Gasteiger charge is -2.19. The smallest absolute Gasteiger partial charge is 0.407 e. The van der Waals surface area contributed by atoms with Crippen LogP contribution in [0.25, 0.3) is 6.08 Å². The normalized spacial score (nSPS) is 11.5. The van der Waals surface area contributed by atoms with Crippen molar-refractivity contribution in [1.29, 1.82) is 0 Å². The van der Waals surface area contributed by atoms with E-state index in [0.29, 0.717) is 12.3 Å². The molecule has 0 saturated heterocycles. The summed E-state index contributed by atoms with van der Waals surface area (Å²) in [6, 6.07) is 5.43. The first-order valence-corrected chi connectivity index (χ1v) is 6.77. The van der Waals surface area contributed by atoms with E-state index >= 15 is 0 Å². The lowest BCUT2D eigenvalue weighted by molar-refractivity contribution is 0.0534. The second-order valence-electron chi connectivity index (χ2n) is 5.52. The molecule has 0 radical (unpaired) electrons. The largest absolute Gasteiger partial charge is 0.496 e. The molecule has 0 aliphatic carbocycles. The molecule has 21 heavy (non-hydrogen) atoms. The Morgan fingerprint density at radius 3 is 2.67 bits per heavy atom. The Kier molecular flexibility index (Phi) is 6.24. The summed E-state index contributed by atoms with van der Waals surface area (Å²) in [4.78, 5) is 11.5. The number of benzene rings is 1. The van der Waals surface area contributed by atoms with E-state index < -0.39 is 11.7 Å². The van der Waals surface area contributed by atoms with E-state index in [2.05, 4.69) is 5.32 Å². The Morgan fingerprint density at radius 2 is 2.10 bits per heavy atom. The Morgan fingerprint density at radius 1 is 1.38 bits per heavy atom. The number of aliphatic hydroxyl groups is 1. The number of rotatable bonds is 5. The van der Waals surface area contributed by atoms with Crippen molar-refractivity contribution in [2.75, 3.05) is 13.7 Å². The topological polar surface area (TPSA) is 67.8 Å². The van der Waals surface area contributed by atoms with Crippen LogP contribution in [0.15, 0.2) is 24.3 Å². The van der Waals surface area contributed by atoms with Crippen LogP contribution in [-0.2, 0) is 11.3 Å². The fourth-order valence-electron chi connectivity index (χ4n) is 1.65. The third-order valence-electron chi connectivity index (χ3n) is 2.54. The molecule has 0 fully saturated rings. The molecule has 0 aliphatic rings. The molecule has 1 rings (SSSR count). The third-order valence-corrected chi connectivity index (χ3v) is 2.54. The summed E-state index contributed by atoms with van der Waals surface area (Å²) >= 11 is 0. The summed E-state index contributed by atoms with van der Waals surface area (Å²) in [5.74, 6) is 0.709. The van der Waals surface area contributed by atoms with Gasteiger partial charge in [0.25, 0.3) is 0 Å². The first-order chi connectivity index (χ1) is 9.85. The summed E-state index contributed by atoms with van der Waals surface area (Å²) in [7, 11) is 1.59. The maximum atomic E-state index is 11.5. The van der Waals surface area contributed by atoms with Gasteiger partial charge in [-0.25, -0.2) is 4.79 Å². The maximum absolute atomic E-state index is 11.5. The maximum Gasteiger partial charge on any atom is 0.407 e. The minimum absolute atomic E-state index is 0.0268. The average molecular weight is 293 g/mol. The number of aliphatic hydroxyl groups excluding tert-OH is 1. The van der Waals surface area contributed by atoms with Gasteiger partial charge in [0.05, 0.1) is 13.7 Å². The van der Waals surface area contributed by atoms with Crippen LogP contribution in [0.5, 0.6) is 5.75 Å². The van der Waals surface area contributed by atoms with E-state index in [1.54, 1.807) is 25.3 Å². The summed E-state index contributed by atoms with van der Waals surface area (Å²) < 4.78 is 10.4. The minimum Gasteiger partial charge on any atom is -0.496 e. The fourth-order valence-corrected chi connectivity index (χ4v) is 1.65. The molecule has 0 bridgehead atoms. The van der Waals surface area contributed by atoms with Crippen molar-refractivity contribution in [1.82, 2.24) is 5.32 Å². The van der Waals surface area contributed by atoms with Crippen molar-refractivity contribution in [3.05, 3.63) is 35.4 Å². The SMILES string of the molecule is COc1ccc(CO)cc1C=CCNC(=O)OC(C)(C)C. The van der Waals surface area contributed by atoms with Gasteiger partial charge in [-0.1, -0.05) is 18.2 Å². The van der Waals surface area contributed by atoms with Crippen LogP contribution >= 0.6 is 0 Å². The molecule has 1 aromatic carbocycles. The molecule has 116 valence electrons. The van der Waals surface area contributed by atoms with Crippen molar-refractivity contribution in [2.45, 2.75) is 33.0 Å². The second kappa shape index (κ2) is 7.69. The molecule has 0 spiro atoms. The van der Waals surface area contributed by atoms with Crippen LogP contribution in [-0.4, -0.2) is 30.5 Å². The number of methoxy groups -OCH3 is 1. The van der Waals surface area contributed by atoms with E-state index in [9.17, 15) is 4.79 Å². The highest BCUT2D eigenvalue weighted by Gasteiger charge is 2.14. The van der Waals surface area contributed by atoms with Gasteiger partial charge in [-0.3, -0.25) is 0 Å². The molecule has 1 aromatic rings. The molecule has 0 aliphatic heterocycles. The molecule has 0 heterocycles. The highest BCUT2D eigenvalue weighted by Crippen LogP contribution is 2.21. The number of amides is 1. The molecular formula is C16H23NO4. The highest BCUT2D eigenvalue weighted by molar-refractivity contribution is 5.68. The van der Waals surface area contributed by atoms with E-state index in [1.165, 1.54) is 0 Å². The number of carbonyl (C=O) groups excluding carboxylic acids is 1.